The molecule has 182 valence electrons. The van der Waals surface area contributed by atoms with E-state index in [1.165, 1.54) is 37.0 Å². The maximum atomic E-state index is 12.6. The number of thiazole rings is 1. The van der Waals surface area contributed by atoms with E-state index in [-0.39, 0.29) is 5.57 Å². The highest BCUT2D eigenvalue weighted by atomic mass is 35.5. The standard InChI is InChI=1S/C27H27Cl2N3O2S/c1-2-3-4-5-6-14-34-22-12-10-19(11-13-22)15-21(17-30)26(33)32-27-31-18-23(35-27)16-20-8-7-9-24(28)25(20)29/h7-13,15,18H,2-6,14,16H2,1H3,(H,31,32,33)/b21-15+. The van der Waals surface area contributed by atoms with Gasteiger partial charge in [0.1, 0.15) is 17.4 Å². The fraction of sp³-hybridized carbons (Fsp3) is 0.296. The smallest absolute Gasteiger partial charge is 0.268 e. The van der Waals surface area contributed by atoms with Gasteiger partial charge >= 0.3 is 0 Å². The van der Waals surface area contributed by atoms with Gasteiger partial charge in [0.05, 0.1) is 16.7 Å². The van der Waals surface area contributed by atoms with Crippen molar-refractivity contribution >= 4 is 51.7 Å². The number of unbranched alkanes of at least 4 members (excludes halogenated alkanes) is 4. The Bertz CT molecular complexity index is 1200. The van der Waals surface area contributed by atoms with Crippen LogP contribution in [0.15, 0.2) is 54.2 Å². The van der Waals surface area contributed by atoms with Crippen LogP contribution in [-0.4, -0.2) is 17.5 Å². The van der Waals surface area contributed by atoms with Gasteiger partial charge in [0, 0.05) is 17.5 Å². The third-order valence-electron chi connectivity index (χ3n) is 5.24. The van der Waals surface area contributed by atoms with Crippen molar-refractivity contribution in [3.05, 3.63) is 80.3 Å². The summed E-state index contributed by atoms with van der Waals surface area (Å²) in [5, 5.41) is 13.6. The highest BCUT2D eigenvalue weighted by molar-refractivity contribution is 7.15. The number of amides is 1. The molecule has 8 heteroatoms. The quantitative estimate of drug-likeness (QED) is 0.147. The second kappa shape index (κ2) is 13.9. The van der Waals surface area contributed by atoms with Crippen molar-refractivity contribution in [1.82, 2.24) is 4.98 Å². The molecule has 35 heavy (non-hydrogen) atoms. The monoisotopic (exact) mass is 527 g/mol. The first kappa shape index (κ1) is 26.7. The largest absolute Gasteiger partial charge is 0.494 e. The Morgan fingerprint density at radius 2 is 1.91 bits per heavy atom. The number of carbonyl (C=O) groups excluding carboxylic acids is 1. The van der Waals surface area contributed by atoms with Crippen molar-refractivity contribution in [1.29, 1.82) is 5.26 Å². The van der Waals surface area contributed by atoms with Crippen molar-refractivity contribution in [2.45, 2.75) is 45.4 Å². The predicted octanol–water partition coefficient (Wildman–Crippen LogP) is 7.94. The Morgan fingerprint density at radius 1 is 1.14 bits per heavy atom. The molecule has 0 saturated heterocycles. The number of benzene rings is 2. The lowest BCUT2D eigenvalue weighted by Crippen LogP contribution is -2.13. The SMILES string of the molecule is CCCCCCCOc1ccc(/C=C(\C#N)C(=O)Nc2ncc(Cc3cccc(Cl)c3Cl)s2)cc1. The summed E-state index contributed by atoms with van der Waals surface area (Å²) >= 11 is 13.7. The van der Waals surface area contributed by atoms with Crippen LogP contribution in [0.4, 0.5) is 5.13 Å². The molecule has 0 spiro atoms. The molecule has 2 aromatic carbocycles. The van der Waals surface area contributed by atoms with Gasteiger partial charge in [-0.25, -0.2) is 4.98 Å². The van der Waals surface area contributed by atoms with Crippen LogP contribution in [0.2, 0.25) is 10.0 Å². The van der Waals surface area contributed by atoms with E-state index in [9.17, 15) is 10.1 Å². The molecule has 1 amide bonds. The third-order valence-corrected chi connectivity index (χ3v) is 7.01. The molecule has 0 atom stereocenters. The van der Waals surface area contributed by atoms with E-state index >= 15 is 0 Å². The Hall–Kier alpha value is -2.85. The highest BCUT2D eigenvalue weighted by Gasteiger charge is 2.13. The summed E-state index contributed by atoms with van der Waals surface area (Å²) in [6.07, 6.45) is 9.69. The minimum Gasteiger partial charge on any atom is -0.494 e. The lowest BCUT2D eigenvalue weighted by Gasteiger charge is -2.06. The minimum absolute atomic E-state index is 0.00997. The van der Waals surface area contributed by atoms with Crippen molar-refractivity contribution in [3.8, 4) is 11.8 Å². The molecule has 0 aliphatic heterocycles. The molecule has 0 aliphatic rings. The van der Waals surface area contributed by atoms with E-state index in [4.69, 9.17) is 27.9 Å². The van der Waals surface area contributed by atoms with E-state index in [1.807, 2.05) is 42.5 Å². The van der Waals surface area contributed by atoms with Gasteiger partial charge in [0.25, 0.3) is 5.91 Å². The average Bonchev–Trinajstić information content (AvgIpc) is 3.30. The van der Waals surface area contributed by atoms with E-state index in [2.05, 4.69) is 17.2 Å². The van der Waals surface area contributed by atoms with Crippen LogP contribution in [0.3, 0.4) is 0 Å². The normalized spacial score (nSPS) is 11.2. The molecule has 3 rings (SSSR count). The van der Waals surface area contributed by atoms with Gasteiger partial charge in [-0.05, 0) is 41.8 Å². The lowest BCUT2D eigenvalue weighted by molar-refractivity contribution is -0.112. The van der Waals surface area contributed by atoms with Crippen LogP contribution < -0.4 is 10.1 Å². The summed E-state index contributed by atoms with van der Waals surface area (Å²) in [6, 6.07) is 14.8. The average molecular weight is 529 g/mol. The molecule has 3 aromatic rings. The molecule has 0 aliphatic carbocycles. The summed E-state index contributed by atoms with van der Waals surface area (Å²) in [6.45, 7) is 2.88. The van der Waals surface area contributed by atoms with Gasteiger partial charge in [-0.2, -0.15) is 5.26 Å². The number of nitrogens with one attached hydrogen (secondary N) is 1. The Morgan fingerprint density at radius 3 is 2.66 bits per heavy atom. The maximum Gasteiger partial charge on any atom is 0.268 e. The van der Waals surface area contributed by atoms with Crippen LogP contribution in [-0.2, 0) is 11.2 Å². The number of aromatic nitrogens is 1. The predicted molar refractivity (Wildman–Crippen MR) is 144 cm³/mol. The summed E-state index contributed by atoms with van der Waals surface area (Å²) in [5.41, 5.74) is 1.61. The van der Waals surface area contributed by atoms with Crippen LogP contribution in [0.1, 0.15) is 55.0 Å². The Balaban J connectivity index is 1.55. The highest BCUT2D eigenvalue weighted by Crippen LogP contribution is 2.29. The van der Waals surface area contributed by atoms with Crippen molar-refractivity contribution in [2.75, 3.05) is 11.9 Å². The molecule has 0 fully saturated rings. The van der Waals surface area contributed by atoms with Gasteiger partial charge in [-0.1, -0.05) is 80.1 Å². The summed E-state index contributed by atoms with van der Waals surface area (Å²) in [5.74, 6) is 0.261. The van der Waals surface area contributed by atoms with Crippen molar-refractivity contribution in [2.24, 2.45) is 0 Å². The molecule has 0 bridgehead atoms. The summed E-state index contributed by atoms with van der Waals surface area (Å²) < 4.78 is 5.77. The second-order valence-corrected chi connectivity index (χ2v) is 9.88. The van der Waals surface area contributed by atoms with Gasteiger partial charge in [-0.15, -0.1) is 11.3 Å². The number of hydrogen-bond donors (Lipinski definition) is 1. The second-order valence-electron chi connectivity index (χ2n) is 7.98. The molecular weight excluding hydrogens is 501 g/mol. The summed E-state index contributed by atoms with van der Waals surface area (Å²) in [7, 11) is 0. The lowest BCUT2D eigenvalue weighted by atomic mass is 10.1. The summed E-state index contributed by atoms with van der Waals surface area (Å²) in [4.78, 5) is 17.8. The molecule has 1 N–H and O–H groups in total. The number of rotatable bonds is 12. The molecule has 5 nitrogen and oxygen atoms in total. The number of halogens is 2. The molecule has 1 aromatic heterocycles. The van der Waals surface area contributed by atoms with Crippen LogP contribution in [0, 0.1) is 11.3 Å². The number of ether oxygens (including phenoxy) is 1. The van der Waals surface area contributed by atoms with Gasteiger partial charge in [0.2, 0.25) is 0 Å². The van der Waals surface area contributed by atoms with Crippen LogP contribution >= 0.6 is 34.5 Å². The molecule has 1 heterocycles. The third kappa shape index (κ3) is 8.40. The molecule has 0 saturated carbocycles. The van der Waals surface area contributed by atoms with Crippen LogP contribution in [0.5, 0.6) is 5.75 Å². The van der Waals surface area contributed by atoms with Gasteiger partial charge in [-0.3, -0.25) is 10.1 Å². The fourth-order valence-corrected chi connectivity index (χ4v) is 4.57. The number of nitrogens with zero attached hydrogens (tertiary/aromatic N) is 2. The van der Waals surface area contributed by atoms with Gasteiger partial charge < -0.3 is 4.74 Å². The molecule has 0 unspecified atom stereocenters. The number of hydrogen-bond acceptors (Lipinski definition) is 5. The zero-order chi connectivity index (χ0) is 25.0. The van der Waals surface area contributed by atoms with E-state index < -0.39 is 5.91 Å². The Labute approximate surface area is 220 Å². The van der Waals surface area contributed by atoms with Crippen LogP contribution in [0.25, 0.3) is 6.08 Å². The Kier molecular flexibility index (Phi) is 10.6. The number of anilines is 1. The maximum absolute atomic E-state index is 12.6. The minimum atomic E-state index is -0.512. The zero-order valence-corrected chi connectivity index (χ0v) is 21.8. The van der Waals surface area contributed by atoms with Crippen molar-refractivity contribution < 1.29 is 9.53 Å². The van der Waals surface area contributed by atoms with E-state index in [0.29, 0.717) is 28.2 Å². The number of carbonyl (C=O) groups is 1. The zero-order valence-electron chi connectivity index (χ0n) is 19.5. The van der Waals surface area contributed by atoms with Crippen molar-refractivity contribution in [3.63, 3.8) is 0 Å². The topological polar surface area (TPSA) is 75.0 Å². The number of nitriles is 1. The van der Waals surface area contributed by atoms with E-state index in [0.717, 1.165) is 28.2 Å². The van der Waals surface area contributed by atoms with Gasteiger partial charge in [0.15, 0.2) is 5.13 Å². The molecule has 0 radical (unpaired) electrons. The molecular formula is C27H27Cl2N3O2S. The fourth-order valence-electron chi connectivity index (χ4n) is 3.36. The first-order valence-electron chi connectivity index (χ1n) is 11.5. The van der Waals surface area contributed by atoms with E-state index in [1.54, 1.807) is 18.3 Å². The first-order chi connectivity index (χ1) is 17.0. The first-order valence-corrected chi connectivity index (χ1v) is 13.1.